The molecule has 6 rings (SSSR count). The van der Waals surface area contributed by atoms with Crippen LogP contribution in [0.25, 0.3) is 0 Å². The van der Waals surface area contributed by atoms with Gasteiger partial charge in [0.15, 0.2) is 0 Å². The standard InChI is InChI=1S/C30H35ClFN5O5/c1-29(2,3)24(35-28(41)42-4)26(39)36-12-18-14-7-17(20(32)8-14)22(18)23(36)25(38)37-13-30(10-16(37)11-33)19-9-15(31)5-6-21(19)34-27(30)40/h5-6,9,14,16-18,20,22-24H,7-8,10,12-13H2,1-4H3,(H,34,40)(H,35,41). The molecule has 2 bridgehead atoms. The van der Waals surface area contributed by atoms with Gasteiger partial charge in [-0.1, -0.05) is 32.4 Å². The van der Waals surface area contributed by atoms with Gasteiger partial charge in [0, 0.05) is 30.2 Å². The van der Waals surface area contributed by atoms with Gasteiger partial charge in [0.05, 0.1) is 18.6 Å². The fourth-order valence-electron chi connectivity index (χ4n) is 8.41. The molecule has 9 unspecified atom stereocenters. The lowest BCUT2D eigenvalue weighted by molar-refractivity contribution is -0.148. The van der Waals surface area contributed by atoms with Crippen LogP contribution in [-0.4, -0.2) is 78.1 Å². The van der Waals surface area contributed by atoms with Crippen LogP contribution in [0, 0.1) is 40.4 Å². The molecular formula is C30H35ClFN5O5. The van der Waals surface area contributed by atoms with Gasteiger partial charge in [-0.15, -0.1) is 0 Å². The number of hydrogen-bond acceptors (Lipinski definition) is 6. The van der Waals surface area contributed by atoms with Crippen molar-refractivity contribution in [2.75, 3.05) is 25.5 Å². The van der Waals surface area contributed by atoms with E-state index in [2.05, 4.69) is 16.7 Å². The second-order valence-electron chi connectivity index (χ2n) is 13.6. The van der Waals surface area contributed by atoms with Crippen molar-refractivity contribution in [1.29, 1.82) is 5.26 Å². The summed E-state index contributed by atoms with van der Waals surface area (Å²) in [4.78, 5) is 57.4. The smallest absolute Gasteiger partial charge is 0.407 e. The van der Waals surface area contributed by atoms with E-state index in [0.717, 1.165) is 0 Å². The number of likely N-dealkylation sites (tertiary alicyclic amines) is 2. The Morgan fingerprint density at radius 2 is 1.98 bits per heavy atom. The Bertz CT molecular complexity index is 1410. The van der Waals surface area contributed by atoms with E-state index >= 15 is 4.39 Å². The van der Waals surface area contributed by atoms with E-state index in [1.165, 1.54) is 16.9 Å². The molecule has 5 aliphatic rings. The molecule has 0 aromatic heterocycles. The third kappa shape index (κ3) is 4.16. The number of fused-ring (bicyclic) bond motifs is 7. The van der Waals surface area contributed by atoms with Crippen molar-refractivity contribution in [1.82, 2.24) is 15.1 Å². The molecule has 12 heteroatoms. The number of rotatable bonds is 3. The van der Waals surface area contributed by atoms with Gasteiger partial charge in [-0.3, -0.25) is 14.4 Å². The topological polar surface area (TPSA) is 132 Å². The van der Waals surface area contributed by atoms with Crippen molar-refractivity contribution in [2.45, 2.75) is 69.7 Å². The molecule has 3 aliphatic heterocycles. The first-order valence-electron chi connectivity index (χ1n) is 14.4. The maximum Gasteiger partial charge on any atom is 0.407 e. The van der Waals surface area contributed by atoms with Crippen LogP contribution in [0.2, 0.25) is 5.02 Å². The summed E-state index contributed by atoms with van der Waals surface area (Å²) in [5, 5.41) is 16.1. The predicted molar refractivity (Wildman–Crippen MR) is 150 cm³/mol. The molecule has 10 nitrogen and oxygen atoms in total. The maximum atomic E-state index is 15.2. The van der Waals surface area contributed by atoms with E-state index in [-0.39, 0.29) is 43.2 Å². The number of alkyl halides is 1. The molecule has 2 N–H and O–H groups in total. The number of hydrogen-bond donors (Lipinski definition) is 2. The lowest BCUT2D eigenvalue weighted by atomic mass is 9.77. The van der Waals surface area contributed by atoms with Gasteiger partial charge in [-0.2, -0.15) is 5.26 Å². The number of nitrogens with one attached hydrogen (secondary N) is 2. The van der Waals surface area contributed by atoms with Crippen LogP contribution in [0.5, 0.6) is 0 Å². The molecule has 2 saturated heterocycles. The summed E-state index contributed by atoms with van der Waals surface area (Å²) in [6.07, 6.45) is -0.700. The number of anilines is 1. The average molecular weight is 600 g/mol. The quantitative estimate of drug-likeness (QED) is 0.548. The molecule has 4 amide bonds. The SMILES string of the molecule is COC(=O)NC(C(=O)N1CC2C3CC(F)C(C3)C2C1C(=O)N1CC2(CC1C#N)C(=O)Nc1ccc(Cl)cc12)C(C)(C)C. The van der Waals surface area contributed by atoms with E-state index < -0.39 is 59.0 Å². The minimum atomic E-state index is -1.17. The molecule has 1 aromatic carbocycles. The highest BCUT2D eigenvalue weighted by atomic mass is 35.5. The van der Waals surface area contributed by atoms with Crippen LogP contribution in [0.1, 0.15) is 45.6 Å². The molecule has 224 valence electrons. The van der Waals surface area contributed by atoms with E-state index in [1.807, 2.05) is 0 Å². The third-order valence-electron chi connectivity index (χ3n) is 10.3. The van der Waals surface area contributed by atoms with Crippen molar-refractivity contribution >= 4 is 41.1 Å². The number of carbonyl (C=O) groups excluding carboxylic acids is 4. The second-order valence-corrected chi connectivity index (χ2v) is 14.0. The molecule has 1 spiro atoms. The number of alkyl carbamates (subject to hydrolysis) is 1. The molecule has 0 radical (unpaired) electrons. The predicted octanol–water partition coefficient (Wildman–Crippen LogP) is 3.25. The van der Waals surface area contributed by atoms with Crippen molar-refractivity contribution in [2.24, 2.45) is 29.1 Å². The number of carbonyl (C=O) groups is 4. The summed E-state index contributed by atoms with van der Waals surface area (Å²) in [5.41, 5.74) is -0.674. The van der Waals surface area contributed by atoms with Crippen LogP contribution < -0.4 is 10.6 Å². The van der Waals surface area contributed by atoms with Crippen LogP contribution in [0.15, 0.2) is 18.2 Å². The first-order chi connectivity index (χ1) is 19.8. The molecule has 1 aromatic rings. The van der Waals surface area contributed by atoms with E-state index in [9.17, 15) is 24.4 Å². The molecule has 3 heterocycles. The number of benzene rings is 1. The Morgan fingerprint density at radius 3 is 2.64 bits per heavy atom. The Kier molecular flexibility index (Phi) is 6.72. The monoisotopic (exact) mass is 599 g/mol. The van der Waals surface area contributed by atoms with E-state index in [4.69, 9.17) is 16.3 Å². The highest BCUT2D eigenvalue weighted by Crippen LogP contribution is 2.59. The van der Waals surface area contributed by atoms with Gasteiger partial charge in [-0.05, 0) is 65.7 Å². The minimum absolute atomic E-state index is 0.0519. The zero-order chi connectivity index (χ0) is 30.3. The van der Waals surface area contributed by atoms with Crippen molar-refractivity contribution in [3.63, 3.8) is 0 Å². The zero-order valence-corrected chi connectivity index (χ0v) is 24.8. The lowest BCUT2D eigenvalue weighted by Gasteiger charge is -2.38. The van der Waals surface area contributed by atoms with Crippen LogP contribution in [0.3, 0.4) is 0 Å². The maximum absolute atomic E-state index is 15.2. The van der Waals surface area contributed by atoms with Gasteiger partial charge in [0.25, 0.3) is 0 Å². The number of amides is 4. The van der Waals surface area contributed by atoms with Gasteiger partial charge in [0.1, 0.15) is 24.3 Å². The summed E-state index contributed by atoms with van der Waals surface area (Å²) in [7, 11) is 1.21. The number of nitriles is 1. The van der Waals surface area contributed by atoms with Crippen LogP contribution in [0.4, 0.5) is 14.9 Å². The number of nitrogens with zero attached hydrogens (tertiary/aromatic N) is 3. The molecule has 2 saturated carbocycles. The lowest BCUT2D eigenvalue weighted by Crippen LogP contribution is -2.59. The summed E-state index contributed by atoms with van der Waals surface area (Å²) < 4.78 is 20.0. The average Bonchev–Trinajstić information content (AvgIpc) is 3.73. The van der Waals surface area contributed by atoms with Crippen LogP contribution in [-0.2, 0) is 24.5 Å². The first-order valence-corrected chi connectivity index (χ1v) is 14.8. The summed E-state index contributed by atoms with van der Waals surface area (Å²) in [6.45, 7) is 5.61. The van der Waals surface area contributed by atoms with Gasteiger partial charge >= 0.3 is 6.09 Å². The summed E-state index contributed by atoms with van der Waals surface area (Å²) in [5.74, 6) is -2.03. The Labute approximate surface area is 248 Å². The fourth-order valence-corrected chi connectivity index (χ4v) is 8.58. The molecule has 42 heavy (non-hydrogen) atoms. The van der Waals surface area contributed by atoms with Crippen molar-refractivity contribution < 1.29 is 28.3 Å². The van der Waals surface area contributed by atoms with E-state index in [0.29, 0.717) is 29.1 Å². The second kappa shape index (κ2) is 9.83. The van der Waals surface area contributed by atoms with E-state index in [1.54, 1.807) is 39.0 Å². The highest BCUT2D eigenvalue weighted by molar-refractivity contribution is 6.31. The molecular weight excluding hydrogens is 565 g/mol. The normalized spacial score (nSPS) is 35.1. The van der Waals surface area contributed by atoms with Crippen molar-refractivity contribution in [3.8, 4) is 6.07 Å². The molecule has 9 atom stereocenters. The summed E-state index contributed by atoms with van der Waals surface area (Å²) in [6, 6.07) is 4.30. The summed E-state index contributed by atoms with van der Waals surface area (Å²) >= 11 is 6.28. The number of methoxy groups -OCH3 is 1. The Balaban J connectivity index is 1.38. The first kappa shape index (κ1) is 28.7. The third-order valence-corrected chi connectivity index (χ3v) is 10.6. The number of halogens is 2. The fraction of sp³-hybridized carbons (Fsp3) is 0.633. The minimum Gasteiger partial charge on any atom is -0.453 e. The van der Waals surface area contributed by atoms with Gasteiger partial charge in [0.2, 0.25) is 17.7 Å². The Morgan fingerprint density at radius 1 is 1.24 bits per heavy atom. The largest absolute Gasteiger partial charge is 0.453 e. The van der Waals surface area contributed by atoms with Gasteiger partial charge in [-0.25, -0.2) is 9.18 Å². The molecule has 2 aliphatic carbocycles. The van der Waals surface area contributed by atoms with Gasteiger partial charge < -0.3 is 25.2 Å². The molecule has 4 fully saturated rings. The number of ether oxygens (including phenoxy) is 1. The van der Waals surface area contributed by atoms with Crippen molar-refractivity contribution in [3.05, 3.63) is 28.8 Å². The van der Waals surface area contributed by atoms with Crippen LogP contribution >= 0.6 is 11.6 Å². The zero-order valence-electron chi connectivity index (χ0n) is 24.0. The Hall–Kier alpha value is -3.39. The highest BCUT2D eigenvalue weighted by Gasteiger charge is 2.65.